The zero-order valence-electron chi connectivity index (χ0n) is 15.2. The number of primary amides is 1. The fourth-order valence-corrected chi connectivity index (χ4v) is 4.48. The highest BCUT2D eigenvalue weighted by Gasteiger charge is 2.42. The van der Waals surface area contributed by atoms with Crippen molar-refractivity contribution in [3.63, 3.8) is 0 Å². The summed E-state index contributed by atoms with van der Waals surface area (Å²) in [5, 5.41) is 4.21. The highest BCUT2D eigenvalue weighted by Crippen LogP contribution is 2.55. The van der Waals surface area contributed by atoms with Gasteiger partial charge in [0.05, 0.1) is 17.9 Å². The number of imidazole rings is 1. The summed E-state index contributed by atoms with van der Waals surface area (Å²) in [6.45, 7) is 2.24. The minimum absolute atomic E-state index is 0.190. The molecule has 27 heavy (non-hydrogen) atoms. The molecule has 3 aliphatic carbocycles. The normalized spacial score (nSPS) is 19.8. The van der Waals surface area contributed by atoms with Crippen molar-refractivity contribution in [2.45, 2.75) is 38.1 Å². The standard InChI is InChI=1S/C20H20FN5O/c1-10-5-15-14(8-16(10)21)11-6-12(7-11)18-17(15)24-20(19(22)27)26(18)9-13-3-4-23-25(13)2/h3-5,8,11-12H,6-7,9H2,1-2H3,(H2,22,27). The molecule has 3 aromatic rings. The van der Waals surface area contributed by atoms with E-state index in [0.29, 0.717) is 23.9 Å². The molecule has 0 spiro atoms. The molecular formula is C20H20FN5O. The van der Waals surface area contributed by atoms with Crippen molar-refractivity contribution in [3.8, 4) is 11.3 Å². The maximum Gasteiger partial charge on any atom is 0.284 e. The minimum Gasteiger partial charge on any atom is -0.363 e. The Bertz CT molecular complexity index is 1090. The molecule has 1 saturated carbocycles. The molecule has 0 aliphatic heterocycles. The van der Waals surface area contributed by atoms with Crippen LogP contribution in [0.5, 0.6) is 0 Å². The molecule has 138 valence electrons. The number of halogens is 1. The number of carbonyl (C=O) groups is 1. The summed E-state index contributed by atoms with van der Waals surface area (Å²) in [6, 6.07) is 5.42. The van der Waals surface area contributed by atoms with Crippen molar-refractivity contribution in [2.75, 3.05) is 0 Å². The predicted molar refractivity (Wildman–Crippen MR) is 97.9 cm³/mol. The smallest absolute Gasteiger partial charge is 0.284 e. The molecule has 0 radical (unpaired) electrons. The Kier molecular flexibility index (Phi) is 3.32. The van der Waals surface area contributed by atoms with Gasteiger partial charge in [0.15, 0.2) is 5.82 Å². The summed E-state index contributed by atoms with van der Waals surface area (Å²) in [4.78, 5) is 16.8. The molecule has 7 heteroatoms. The summed E-state index contributed by atoms with van der Waals surface area (Å²) in [6.07, 6.45) is 3.62. The quantitative estimate of drug-likeness (QED) is 0.775. The van der Waals surface area contributed by atoms with E-state index < -0.39 is 5.91 Å². The first kappa shape index (κ1) is 16.2. The first-order valence-electron chi connectivity index (χ1n) is 9.11. The number of hydrogen-bond donors (Lipinski definition) is 1. The number of nitrogens with zero attached hydrogens (tertiary/aromatic N) is 4. The van der Waals surface area contributed by atoms with Crippen LogP contribution >= 0.6 is 0 Å². The molecule has 0 unspecified atom stereocenters. The molecule has 2 N–H and O–H groups in total. The van der Waals surface area contributed by atoms with Gasteiger partial charge in [0.25, 0.3) is 5.91 Å². The van der Waals surface area contributed by atoms with Gasteiger partial charge in [-0.2, -0.15) is 5.10 Å². The van der Waals surface area contributed by atoms with Gasteiger partial charge in [0.1, 0.15) is 5.82 Å². The third-order valence-electron chi connectivity index (χ3n) is 6.02. The molecule has 0 atom stereocenters. The van der Waals surface area contributed by atoms with Gasteiger partial charge in [-0.1, -0.05) is 0 Å². The van der Waals surface area contributed by atoms with E-state index in [4.69, 9.17) is 5.73 Å². The molecule has 1 fully saturated rings. The van der Waals surface area contributed by atoms with Gasteiger partial charge in [-0.3, -0.25) is 9.48 Å². The van der Waals surface area contributed by atoms with Crippen molar-refractivity contribution in [3.05, 3.63) is 58.6 Å². The van der Waals surface area contributed by atoms with Gasteiger partial charge in [0, 0.05) is 30.4 Å². The Hall–Kier alpha value is -2.96. The highest BCUT2D eigenvalue weighted by atomic mass is 19.1. The van der Waals surface area contributed by atoms with Crippen LogP contribution in [0.3, 0.4) is 0 Å². The van der Waals surface area contributed by atoms with Gasteiger partial charge < -0.3 is 10.3 Å². The van der Waals surface area contributed by atoms with Gasteiger partial charge in [-0.15, -0.1) is 0 Å². The molecule has 2 heterocycles. The van der Waals surface area contributed by atoms with Crippen LogP contribution in [0.4, 0.5) is 4.39 Å². The molecular weight excluding hydrogens is 345 g/mol. The van der Waals surface area contributed by atoms with Crippen LogP contribution in [0.2, 0.25) is 0 Å². The van der Waals surface area contributed by atoms with Crippen molar-refractivity contribution >= 4 is 5.91 Å². The highest BCUT2D eigenvalue weighted by molar-refractivity contribution is 5.91. The van der Waals surface area contributed by atoms with Crippen molar-refractivity contribution in [2.24, 2.45) is 12.8 Å². The molecule has 2 bridgehead atoms. The maximum absolute atomic E-state index is 14.2. The Morgan fingerprint density at radius 2 is 2.11 bits per heavy atom. The van der Waals surface area contributed by atoms with E-state index in [1.807, 2.05) is 23.7 Å². The molecule has 0 saturated heterocycles. The average molecular weight is 365 g/mol. The van der Waals surface area contributed by atoms with Crippen molar-refractivity contribution in [1.82, 2.24) is 19.3 Å². The van der Waals surface area contributed by atoms with Crippen LogP contribution in [-0.4, -0.2) is 25.2 Å². The number of aryl methyl sites for hydroxylation is 2. The van der Waals surface area contributed by atoms with E-state index in [1.165, 1.54) is 0 Å². The van der Waals surface area contributed by atoms with Crippen LogP contribution in [0.25, 0.3) is 11.3 Å². The van der Waals surface area contributed by atoms with E-state index in [1.54, 1.807) is 23.9 Å². The van der Waals surface area contributed by atoms with E-state index in [0.717, 1.165) is 41.1 Å². The summed E-state index contributed by atoms with van der Waals surface area (Å²) in [7, 11) is 1.87. The SMILES string of the molecule is Cc1cc2c(cc1F)C1CC(C1)c1c-2nc(C(N)=O)n1Cc1ccnn1C. The Morgan fingerprint density at radius 1 is 1.33 bits per heavy atom. The minimum atomic E-state index is -0.554. The van der Waals surface area contributed by atoms with Crippen LogP contribution in [0, 0.1) is 12.7 Å². The number of benzene rings is 1. The van der Waals surface area contributed by atoms with Crippen LogP contribution in [0.15, 0.2) is 24.4 Å². The number of rotatable bonds is 3. The van der Waals surface area contributed by atoms with E-state index in [2.05, 4.69) is 10.1 Å². The Morgan fingerprint density at radius 3 is 2.78 bits per heavy atom. The third kappa shape index (κ3) is 2.27. The number of hydrogen-bond acceptors (Lipinski definition) is 3. The fraction of sp³-hybridized carbons (Fsp3) is 0.350. The lowest BCUT2D eigenvalue weighted by Gasteiger charge is -2.34. The Labute approximate surface area is 155 Å². The second-order valence-corrected chi connectivity index (χ2v) is 7.62. The van der Waals surface area contributed by atoms with Gasteiger partial charge in [-0.25, -0.2) is 9.37 Å². The van der Waals surface area contributed by atoms with Crippen molar-refractivity contribution in [1.29, 1.82) is 0 Å². The zero-order chi connectivity index (χ0) is 18.9. The summed E-state index contributed by atoms with van der Waals surface area (Å²) in [5.41, 5.74) is 10.9. The first-order valence-corrected chi connectivity index (χ1v) is 9.11. The van der Waals surface area contributed by atoms with E-state index in [-0.39, 0.29) is 11.6 Å². The largest absolute Gasteiger partial charge is 0.363 e. The summed E-state index contributed by atoms with van der Waals surface area (Å²) >= 11 is 0. The van der Waals surface area contributed by atoms with E-state index in [9.17, 15) is 9.18 Å². The first-order chi connectivity index (χ1) is 12.9. The third-order valence-corrected chi connectivity index (χ3v) is 6.02. The van der Waals surface area contributed by atoms with Gasteiger partial charge >= 0.3 is 0 Å². The summed E-state index contributed by atoms with van der Waals surface area (Å²) in [5.74, 6) is 0.150. The van der Waals surface area contributed by atoms with Crippen LogP contribution < -0.4 is 5.73 Å². The average Bonchev–Trinajstić information content (AvgIpc) is 3.08. The molecule has 1 amide bonds. The lowest BCUT2D eigenvalue weighted by atomic mass is 9.71. The number of carbonyl (C=O) groups excluding carboxylic acids is 1. The second kappa shape index (κ2) is 5.52. The lowest BCUT2D eigenvalue weighted by molar-refractivity contribution is 0.0986. The number of nitrogens with two attached hydrogens (primary N) is 1. The molecule has 1 aromatic carbocycles. The Balaban J connectivity index is 1.76. The lowest BCUT2D eigenvalue weighted by Crippen LogP contribution is -2.25. The predicted octanol–water partition coefficient (Wildman–Crippen LogP) is 2.85. The maximum atomic E-state index is 14.2. The van der Waals surface area contributed by atoms with Crippen LogP contribution in [-0.2, 0) is 13.6 Å². The molecule has 6 nitrogen and oxygen atoms in total. The molecule has 2 aromatic heterocycles. The number of aromatic nitrogens is 4. The molecule has 6 rings (SSSR count). The van der Waals surface area contributed by atoms with Crippen LogP contribution in [0.1, 0.15) is 57.8 Å². The monoisotopic (exact) mass is 365 g/mol. The zero-order valence-corrected chi connectivity index (χ0v) is 15.2. The summed E-state index contributed by atoms with van der Waals surface area (Å²) < 4.78 is 17.9. The molecule has 3 aliphatic rings. The van der Waals surface area contributed by atoms with E-state index >= 15 is 0 Å². The van der Waals surface area contributed by atoms with Crippen molar-refractivity contribution < 1.29 is 9.18 Å². The second-order valence-electron chi connectivity index (χ2n) is 7.62. The van der Waals surface area contributed by atoms with Gasteiger partial charge in [-0.05, 0) is 55.0 Å². The number of amides is 1. The van der Waals surface area contributed by atoms with Gasteiger partial charge in [0.2, 0.25) is 0 Å². The fourth-order valence-electron chi connectivity index (χ4n) is 4.48. The topological polar surface area (TPSA) is 78.7 Å².